The molecule has 0 bridgehead atoms. The van der Waals surface area contributed by atoms with Gasteiger partial charge in [0.1, 0.15) is 12.6 Å². The van der Waals surface area contributed by atoms with Crippen molar-refractivity contribution in [2.45, 2.75) is 45.3 Å². The van der Waals surface area contributed by atoms with Crippen molar-refractivity contribution >= 4 is 50.7 Å². The van der Waals surface area contributed by atoms with Crippen LogP contribution in [0.3, 0.4) is 0 Å². The Morgan fingerprint density at radius 3 is 1.97 bits per heavy atom. The summed E-state index contributed by atoms with van der Waals surface area (Å²) in [7, 11) is -3.84. The van der Waals surface area contributed by atoms with Gasteiger partial charge in [0.05, 0.1) is 11.9 Å². The molecular weight excluding hydrogens is 557 g/mol. The lowest BCUT2D eigenvalue weighted by Gasteiger charge is -2.34. The number of amides is 2. The molecule has 0 unspecified atom stereocenters. The second kappa shape index (κ2) is 13.8. The maximum absolute atomic E-state index is 14.0. The third kappa shape index (κ3) is 8.98. The molecule has 2 atom stereocenters. The van der Waals surface area contributed by atoms with Crippen molar-refractivity contribution in [2.75, 3.05) is 17.1 Å². The van der Waals surface area contributed by atoms with Crippen LogP contribution in [-0.4, -0.2) is 50.0 Å². The van der Waals surface area contributed by atoms with E-state index in [0.717, 1.165) is 21.7 Å². The molecule has 7 nitrogen and oxygen atoms in total. The molecule has 0 fully saturated rings. The number of hydrogen-bond donors (Lipinski definition) is 1. The van der Waals surface area contributed by atoms with Gasteiger partial charge in [-0.15, -0.1) is 0 Å². The van der Waals surface area contributed by atoms with E-state index >= 15 is 0 Å². The SMILES string of the molecule is CC[C@@H](C)NC(=O)[C@H](Cc1ccccc1)N(Cc1ccc(Cl)cc1)C(=O)CN(c1ccc(Cl)cc1)S(C)(=O)=O. The molecule has 0 spiro atoms. The maximum Gasteiger partial charge on any atom is 0.244 e. The average molecular weight is 591 g/mol. The number of benzene rings is 3. The van der Waals surface area contributed by atoms with Gasteiger partial charge in [0, 0.05) is 29.1 Å². The molecule has 0 aliphatic carbocycles. The summed E-state index contributed by atoms with van der Waals surface area (Å²) in [5.41, 5.74) is 1.92. The van der Waals surface area contributed by atoms with Crippen molar-refractivity contribution in [1.29, 1.82) is 0 Å². The van der Waals surface area contributed by atoms with Gasteiger partial charge in [-0.3, -0.25) is 13.9 Å². The van der Waals surface area contributed by atoms with E-state index in [-0.39, 0.29) is 24.9 Å². The highest BCUT2D eigenvalue weighted by molar-refractivity contribution is 7.92. The average Bonchev–Trinajstić information content (AvgIpc) is 2.90. The van der Waals surface area contributed by atoms with E-state index in [0.29, 0.717) is 22.2 Å². The normalized spacial score (nSPS) is 12.8. The molecule has 3 rings (SSSR count). The lowest BCUT2D eigenvalue weighted by molar-refractivity contribution is -0.140. The van der Waals surface area contributed by atoms with E-state index in [1.54, 1.807) is 36.4 Å². The number of rotatable bonds is 12. The quantitative estimate of drug-likeness (QED) is 0.310. The Bertz CT molecular complexity index is 1350. The van der Waals surface area contributed by atoms with Gasteiger partial charge in [-0.05, 0) is 60.9 Å². The molecule has 0 heterocycles. The van der Waals surface area contributed by atoms with E-state index in [2.05, 4.69) is 5.32 Å². The zero-order valence-corrected chi connectivity index (χ0v) is 24.5. The van der Waals surface area contributed by atoms with Gasteiger partial charge >= 0.3 is 0 Å². The zero-order valence-electron chi connectivity index (χ0n) is 22.2. The monoisotopic (exact) mass is 589 g/mol. The number of nitrogens with one attached hydrogen (secondary N) is 1. The first-order valence-corrected chi connectivity index (χ1v) is 15.2. The lowest BCUT2D eigenvalue weighted by atomic mass is 10.0. The Morgan fingerprint density at radius 1 is 0.872 bits per heavy atom. The van der Waals surface area contributed by atoms with Crippen molar-refractivity contribution in [2.24, 2.45) is 0 Å². The fourth-order valence-electron chi connectivity index (χ4n) is 4.00. The molecule has 3 aromatic carbocycles. The van der Waals surface area contributed by atoms with E-state index in [1.807, 2.05) is 44.2 Å². The molecule has 0 radical (unpaired) electrons. The zero-order chi connectivity index (χ0) is 28.6. The minimum absolute atomic E-state index is 0.0830. The standard InChI is InChI=1S/C29H33Cl2N3O4S/c1-4-21(2)32-29(36)27(18-22-8-6-5-7-9-22)33(19-23-10-12-24(30)13-11-23)28(35)20-34(39(3,37)38)26-16-14-25(31)15-17-26/h5-17,21,27H,4,18-20H2,1-3H3,(H,32,36)/t21-,27+/m1/s1. The van der Waals surface area contributed by atoms with Gasteiger partial charge in [0.15, 0.2) is 0 Å². The summed E-state index contributed by atoms with van der Waals surface area (Å²) < 4.78 is 26.6. The molecule has 10 heteroatoms. The summed E-state index contributed by atoms with van der Waals surface area (Å²) in [6.07, 6.45) is 2.01. The van der Waals surface area contributed by atoms with Gasteiger partial charge in [-0.1, -0.05) is 72.6 Å². The van der Waals surface area contributed by atoms with Gasteiger partial charge in [-0.2, -0.15) is 0 Å². The van der Waals surface area contributed by atoms with Gasteiger partial charge in [0.2, 0.25) is 21.8 Å². The van der Waals surface area contributed by atoms with E-state index in [4.69, 9.17) is 23.2 Å². The third-order valence-corrected chi connectivity index (χ3v) is 7.98. The number of carbonyl (C=O) groups is 2. The largest absolute Gasteiger partial charge is 0.352 e. The number of hydrogen-bond acceptors (Lipinski definition) is 4. The predicted molar refractivity (Wildman–Crippen MR) is 157 cm³/mol. The highest BCUT2D eigenvalue weighted by atomic mass is 35.5. The lowest BCUT2D eigenvalue weighted by Crippen LogP contribution is -2.54. The molecule has 208 valence electrons. The second-order valence-corrected chi connectivity index (χ2v) is 12.2. The Hall–Kier alpha value is -3.07. The van der Waals surface area contributed by atoms with Crippen molar-refractivity contribution in [3.05, 3.63) is 100 Å². The van der Waals surface area contributed by atoms with Gasteiger partial charge in [-0.25, -0.2) is 8.42 Å². The fraction of sp³-hybridized carbons (Fsp3) is 0.310. The fourth-order valence-corrected chi connectivity index (χ4v) is 5.10. The summed E-state index contributed by atoms with van der Waals surface area (Å²) in [4.78, 5) is 29.1. The molecule has 2 amide bonds. The van der Waals surface area contributed by atoms with Crippen molar-refractivity contribution < 1.29 is 18.0 Å². The molecule has 39 heavy (non-hydrogen) atoms. The van der Waals surface area contributed by atoms with Crippen LogP contribution >= 0.6 is 23.2 Å². The maximum atomic E-state index is 14.0. The topological polar surface area (TPSA) is 86.8 Å². The van der Waals surface area contributed by atoms with Crippen LogP contribution < -0.4 is 9.62 Å². The summed E-state index contributed by atoms with van der Waals surface area (Å²) in [6, 6.07) is 21.6. The summed E-state index contributed by atoms with van der Waals surface area (Å²) in [5, 5.41) is 3.98. The van der Waals surface area contributed by atoms with Crippen molar-refractivity contribution in [3.63, 3.8) is 0 Å². The minimum Gasteiger partial charge on any atom is -0.352 e. The smallest absolute Gasteiger partial charge is 0.244 e. The Labute approximate surface area is 240 Å². The molecule has 0 aromatic heterocycles. The van der Waals surface area contributed by atoms with Crippen LogP contribution in [0.1, 0.15) is 31.4 Å². The first kappa shape index (κ1) is 30.5. The van der Waals surface area contributed by atoms with Crippen LogP contribution in [-0.2, 0) is 32.6 Å². The van der Waals surface area contributed by atoms with Crippen molar-refractivity contribution in [1.82, 2.24) is 10.2 Å². The summed E-state index contributed by atoms with van der Waals surface area (Å²) >= 11 is 12.1. The van der Waals surface area contributed by atoms with E-state index in [9.17, 15) is 18.0 Å². The summed E-state index contributed by atoms with van der Waals surface area (Å²) in [6.45, 7) is 3.45. The molecule has 3 aromatic rings. The molecular formula is C29H33Cl2N3O4S. The van der Waals surface area contributed by atoms with Crippen LogP contribution in [0.25, 0.3) is 0 Å². The number of nitrogens with zero attached hydrogens (tertiary/aromatic N) is 2. The Balaban J connectivity index is 2.04. The number of sulfonamides is 1. The van der Waals surface area contributed by atoms with Crippen molar-refractivity contribution in [3.8, 4) is 0 Å². The number of carbonyl (C=O) groups excluding carboxylic acids is 2. The number of anilines is 1. The van der Waals surface area contributed by atoms with Crippen LogP contribution in [0.15, 0.2) is 78.9 Å². The Kier molecular flexibility index (Phi) is 10.8. The predicted octanol–water partition coefficient (Wildman–Crippen LogP) is 5.31. The van der Waals surface area contributed by atoms with Crippen LogP contribution in [0.4, 0.5) is 5.69 Å². The van der Waals surface area contributed by atoms with Crippen LogP contribution in [0, 0.1) is 0 Å². The highest BCUT2D eigenvalue weighted by Gasteiger charge is 2.33. The number of halogens is 2. The van der Waals surface area contributed by atoms with E-state index in [1.165, 1.54) is 17.0 Å². The first-order valence-electron chi connectivity index (χ1n) is 12.6. The molecule has 1 N–H and O–H groups in total. The van der Waals surface area contributed by atoms with E-state index < -0.39 is 28.5 Å². The second-order valence-electron chi connectivity index (χ2n) is 9.42. The Morgan fingerprint density at radius 2 is 1.44 bits per heavy atom. The van der Waals surface area contributed by atoms with Gasteiger partial charge in [0.25, 0.3) is 0 Å². The minimum atomic E-state index is -3.84. The first-order chi connectivity index (χ1) is 18.5. The third-order valence-electron chi connectivity index (χ3n) is 6.33. The molecule has 0 aliphatic heterocycles. The molecule has 0 saturated heterocycles. The van der Waals surface area contributed by atoms with Crippen LogP contribution in [0.5, 0.6) is 0 Å². The highest BCUT2D eigenvalue weighted by Crippen LogP contribution is 2.22. The molecule has 0 aliphatic rings. The summed E-state index contributed by atoms with van der Waals surface area (Å²) in [5.74, 6) is -0.835. The van der Waals surface area contributed by atoms with Crippen LogP contribution in [0.2, 0.25) is 10.0 Å². The molecule has 0 saturated carbocycles. The van der Waals surface area contributed by atoms with Gasteiger partial charge < -0.3 is 10.2 Å².